The van der Waals surface area contributed by atoms with Crippen molar-refractivity contribution in [2.75, 3.05) is 13.2 Å². The summed E-state index contributed by atoms with van der Waals surface area (Å²) in [5.41, 5.74) is 0. The molecule has 0 aromatic rings. The fourth-order valence-corrected chi connectivity index (χ4v) is 0.794. The van der Waals surface area contributed by atoms with E-state index >= 15 is 0 Å². The zero-order valence-corrected chi connectivity index (χ0v) is 4.92. The first-order valence-electron chi connectivity index (χ1n) is 2.81. The second-order valence-electron chi connectivity index (χ2n) is 2.02. The van der Waals surface area contributed by atoms with Gasteiger partial charge in [0.1, 0.15) is 6.23 Å². The normalized spacial score (nSPS) is 38.2. The molecular formula is C5H11NO2. The molecule has 0 radical (unpaired) electrons. The van der Waals surface area contributed by atoms with Gasteiger partial charge >= 0.3 is 0 Å². The van der Waals surface area contributed by atoms with Crippen LogP contribution < -0.4 is 5.32 Å². The number of ether oxygens (including phenoxy) is 1. The Hall–Kier alpha value is -0.120. The van der Waals surface area contributed by atoms with Crippen molar-refractivity contribution in [2.24, 2.45) is 0 Å². The Bertz CT molecular complexity index is 76.8. The van der Waals surface area contributed by atoms with E-state index in [0.29, 0.717) is 6.61 Å². The molecule has 1 rings (SSSR count). The summed E-state index contributed by atoms with van der Waals surface area (Å²) in [6.45, 7) is 2.73. The summed E-state index contributed by atoms with van der Waals surface area (Å²) in [7, 11) is 0. The zero-order chi connectivity index (χ0) is 5.98. The molecule has 0 aliphatic carbocycles. The fourth-order valence-electron chi connectivity index (χ4n) is 0.794. The number of aliphatic hydroxyl groups excluding tert-OH is 1. The minimum absolute atomic E-state index is 0.118. The Morgan fingerprint density at radius 1 is 1.88 bits per heavy atom. The van der Waals surface area contributed by atoms with Gasteiger partial charge in [-0.05, 0) is 6.92 Å². The lowest BCUT2D eigenvalue weighted by atomic mass is 10.4. The first-order valence-corrected chi connectivity index (χ1v) is 2.81. The first-order chi connectivity index (χ1) is 3.83. The van der Waals surface area contributed by atoms with E-state index in [0.717, 1.165) is 0 Å². The zero-order valence-electron chi connectivity index (χ0n) is 4.92. The molecule has 3 nitrogen and oxygen atoms in total. The fraction of sp³-hybridized carbons (Fsp3) is 1.00. The van der Waals surface area contributed by atoms with E-state index < -0.39 is 0 Å². The number of aliphatic hydroxyl groups is 1. The van der Waals surface area contributed by atoms with Gasteiger partial charge in [0.25, 0.3) is 0 Å². The Balaban J connectivity index is 2.22. The molecule has 2 unspecified atom stereocenters. The summed E-state index contributed by atoms with van der Waals surface area (Å²) in [5, 5.41) is 11.6. The molecule has 0 bridgehead atoms. The summed E-state index contributed by atoms with van der Waals surface area (Å²) in [5.74, 6) is 0. The summed E-state index contributed by atoms with van der Waals surface area (Å²) < 4.78 is 5.09. The molecule has 1 fully saturated rings. The Morgan fingerprint density at radius 3 is 2.88 bits per heavy atom. The van der Waals surface area contributed by atoms with Gasteiger partial charge < -0.3 is 9.84 Å². The molecule has 1 saturated heterocycles. The van der Waals surface area contributed by atoms with Crippen molar-refractivity contribution in [3.63, 3.8) is 0 Å². The molecule has 48 valence electrons. The van der Waals surface area contributed by atoms with Crippen LogP contribution in [0.5, 0.6) is 0 Å². The van der Waals surface area contributed by atoms with Gasteiger partial charge in [-0.1, -0.05) is 0 Å². The number of nitrogens with one attached hydrogen (secondary N) is 1. The average molecular weight is 117 g/mol. The third kappa shape index (κ3) is 1.18. The smallest absolute Gasteiger partial charge is 0.105 e. The third-order valence-corrected chi connectivity index (χ3v) is 1.24. The molecule has 2 N–H and O–H groups in total. The number of hydrogen-bond donors (Lipinski definition) is 2. The van der Waals surface area contributed by atoms with Crippen LogP contribution >= 0.6 is 0 Å². The molecule has 0 amide bonds. The van der Waals surface area contributed by atoms with E-state index in [1.807, 2.05) is 6.92 Å². The quantitative estimate of drug-likeness (QED) is 0.478. The van der Waals surface area contributed by atoms with Gasteiger partial charge in [-0.3, -0.25) is 5.32 Å². The summed E-state index contributed by atoms with van der Waals surface area (Å²) in [6, 6.07) is 0.157. The predicted octanol–water partition coefficient (Wildman–Crippen LogP) is -0.687. The van der Waals surface area contributed by atoms with Gasteiger partial charge in [0.05, 0.1) is 19.3 Å². The van der Waals surface area contributed by atoms with Crippen LogP contribution in [-0.2, 0) is 4.74 Å². The summed E-state index contributed by atoms with van der Waals surface area (Å²) in [6.07, 6.45) is 0.118. The van der Waals surface area contributed by atoms with Crippen molar-refractivity contribution in [3.8, 4) is 0 Å². The minimum Gasteiger partial charge on any atom is -0.395 e. The summed E-state index contributed by atoms with van der Waals surface area (Å²) >= 11 is 0. The summed E-state index contributed by atoms with van der Waals surface area (Å²) in [4.78, 5) is 0. The van der Waals surface area contributed by atoms with Crippen LogP contribution in [0.2, 0.25) is 0 Å². The maximum Gasteiger partial charge on any atom is 0.105 e. The molecule has 0 saturated carbocycles. The van der Waals surface area contributed by atoms with Gasteiger partial charge in [0, 0.05) is 0 Å². The Morgan fingerprint density at radius 2 is 2.62 bits per heavy atom. The highest BCUT2D eigenvalue weighted by Crippen LogP contribution is 1.99. The molecule has 0 spiro atoms. The predicted molar refractivity (Wildman–Crippen MR) is 29.4 cm³/mol. The number of hydrogen-bond acceptors (Lipinski definition) is 3. The second kappa shape index (κ2) is 2.44. The van der Waals surface area contributed by atoms with E-state index in [-0.39, 0.29) is 18.9 Å². The Kier molecular flexibility index (Phi) is 1.83. The highest BCUT2D eigenvalue weighted by Gasteiger charge is 2.18. The van der Waals surface area contributed by atoms with Crippen molar-refractivity contribution in [1.82, 2.24) is 5.32 Å². The minimum atomic E-state index is 0.118. The third-order valence-electron chi connectivity index (χ3n) is 1.24. The van der Waals surface area contributed by atoms with Crippen molar-refractivity contribution < 1.29 is 9.84 Å². The molecule has 1 aliphatic rings. The van der Waals surface area contributed by atoms with Gasteiger partial charge in [0.2, 0.25) is 0 Å². The number of rotatable bonds is 1. The van der Waals surface area contributed by atoms with Gasteiger partial charge in [-0.2, -0.15) is 0 Å². The maximum atomic E-state index is 8.54. The largest absolute Gasteiger partial charge is 0.395 e. The van der Waals surface area contributed by atoms with Crippen molar-refractivity contribution in [1.29, 1.82) is 0 Å². The van der Waals surface area contributed by atoms with Gasteiger partial charge in [0.15, 0.2) is 0 Å². The highest BCUT2D eigenvalue weighted by atomic mass is 16.5. The Labute approximate surface area is 48.7 Å². The standard InChI is InChI=1S/C5H11NO2/c1-4-6-5(2-7)3-8-4/h4-7H,2-3H2,1H3. The lowest BCUT2D eigenvalue weighted by molar-refractivity contribution is 0.113. The van der Waals surface area contributed by atoms with Crippen LogP contribution in [-0.4, -0.2) is 30.6 Å². The molecular weight excluding hydrogens is 106 g/mol. The highest BCUT2D eigenvalue weighted by molar-refractivity contribution is 4.71. The van der Waals surface area contributed by atoms with Crippen LogP contribution in [0.15, 0.2) is 0 Å². The lowest BCUT2D eigenvalue weighted by Crippen LogP contribution is -2.31. The molecule has 2 atom stereocenters. The van der Waals surface area contributed by atoms with Crippen molar-refractivity contribution in [3.05, 3.63) is 0 Å². The van der Waals surface area contributed by atoms with E-state index in [2.05, 4.69) is 5.32 Å². The van der Waals surface area contributed by atoms with Crippen LogP contribution in [0.3, 0.4) is 0 Å². The van der Waals surface area contributed by atoms with Crippen molar-refractivity contribution >= 4 is 0 Å². The van der Waals surface area contributed by atoms with E-state index in [9.17, 15) is 0 Å². The molecule has 1 heterocycles. The van der Waals surface area contributed by atoms with Crippen LogP contribution in [0.25, 0.3) is 0 Å². The van der Waals surface area contributed by atoms with Crippen LogP contribution in [0.1, 0.15) is 6.92 Å². The van der Waals surface area contributed by atoms with E-state index in [4.69, 9.17) is 9.84 Å². The van der Waals surface area contributed by atoms with E-state index in [1.54, 1.807) is 0 Å². The van der Waals surface area contributed by atoms with Crippen LogP contribution in [0.4, 0.5) is 0 Å². The monoisotopic (exact) mass is 117 g/mol. The topological polar surface area (TPSA) is 41.5 Å². The van der Waals surface area contributed by atoms with Crippen molar-refractivity contribution in [2.45, 2.75) is 19.2 Å². The lowest BCUT2D eigenvalue weighted by Gasteiger charge is -2.02. The molecule has 3 heteroatoms. The molecule has 8 heavy (non-hydrogen) atoms. The molecule has 0 aromatic carbocycles. The average Bonchev–Trinajstić information content (AvgIpc) is 2.14. The molecule has 1 aliphatic heterocycles. The SMILES string of the molecule is CC1NC(CO)CO1. The molecule has 0 aromatic heterocycles. The van der Waals surface area contributed by atoms with Gasteiger partial charge in [-0.25, -0.2) is 0 Å². The first kappa shape index (κ1) is 6.01. The second-order valence-corrected chi connectivity index (χ2v) is 2.02. The van der Waals surface area contributed by atoms with Gasteiger partial charge in [-0.15, -0.1) is 0 Å². The van der Waals surface area contributed by atoms with E-state index in [1.165, 1.54) is 0 Å². The van der Waals surface area contributed by atoms with Crippen LogP contribution in [0, 0.1) is 0 Å². The maximum absolute atomic E-state index is 8.54.